The maximum absolute atomic E-state index is 11.8. The highest BCUT2D eigenvalue weighted by Crippen LogP contribution is 2.30. The second kappa shape index (κ2) is 5.93. The molecule has 0 saturated carbocycles. The van der Waals surface area contributed by atoms with Gasteiger partial charge in [-0.1, -0.05) is 0 Å². The van der Waals surface area contributed by atoms with Crippen molar-refractivity contribution in [2.24, 2.45) is 0 Å². The number of rotatable bonds is 3. The first-order valence-electron chi connectivity index (χ1n) is 7.43. The molecule has 21 heavy (non-hydrogen) atoms. The zero-order valence-corrected chi connectivity index (χ0v) is 13.3. The lowest BCUT2D eigenvalue weighted by Crippen LogP contribution is -2.52. The van der Waals surface area contributed by atoms with Gasteiger partial charge in [-0.25, -0.2) is 0 Å². The number of anilines is 2. The van der Waals surface area contributed by atoms with Crippen molar-refractivity contribution in [3.05, 3.63) is 23.8 Å². The van der Waals surface area contributed by atoms with E-state index in [1.54, 1.807) is 6.07 Å². The van der Waals surface area contributed by atoms with Crippen molar-refractivity contribution in [1.29, 1.82) is 0 Å². The zero-order chi connectivity index (χ0) is 15.6. The Hall–Kier alpha value is -1.75. The summed E-state index contributed by atoms with van der Waals surface area (Å²) in [5.74, 6) is -0.0913. The number of benzene rings is 1. The highest BCUT2D eigenvalue weighted by atomic mass is 16.5. The lowest BCUT2D eigenvalue weighted by atomic mass is 10.0. The van der Waals surface area contributed by atoms with E-state index in [2.05, 4.69) is 31.0 Å². The van der Waals surface area contributed by atoms with Crippen LogP contribution in [-0.2, 0) is 4.74 Å². The van der Waals surface area contributed by atoms with Gasteiger partial charge in [-0.3, -0.25) is 4.79 Å². The molecule has 1 aliphatic heterocycles. The molecule has 0 spiro atoms. The van der Waals surface area contributed by atoms with Crippen molar-refractivity contribution in [2.75, 3.05) is 30.3 Å². The summed E-state index contributed by atoms with van der Waals surface area (Å²) in [6.45, 7) is 10.3. The normalized spacial score (nSPS) is 21.1. The van der Waals surface area contributed by atoms with Crippen molar-refractivity contribution < 1.29 is 9.53 Å². The Kier molecular flexibility index (Phi) is 4.42. The van der Waals surface area contributed by atoms with Gasteiger partial charge in [-0.2, -0.15) is 0 Å². The summed E-state index contributed by atoms with van der Waals surface area (Å²) in [5, 5.41) is 2.78. The summed E-state index contributed by atoms with van der Waals surface area (Å²) >= 11 is 0. The number of hydrogen-bond donors (Lipinski definition) is 2. The largest absolute Gasteiger partial charge is 0.397 e. The Balaban J connectivity index is 2.22. The highest BCUT2D eigenvalue weighted by Gasteiger charge is 2.32. The lowest BCUT2D eigenvalue weighted by Gasteiger charge is -2.43. The fraction of sp³-hybridized carbons (Fsp3) is 0.562. The minimum absolute atomic E-state index is 0.0913. The smallest absolute Gasteiger partial charge is 0.251 e. The molecule has 0 bridgehead atoms. The topological polar surface area (TPSA) is 67.6 Å². The first kappa shape index (κ1) is 15.6. The van der Waals surface area contributed by atoms with Gasteiger partial charge >= 0.3 is 0 Å². The van der Waals surface area contributed by atoms with Gasteiger partial charge in [-0.05, 0) is 45.9 Å². The third-order valence-corrected chi connectivity index (χ3v) is 3.54. The summed E-state index contributed by atoms with van der Waals surface area (Å²) in [4.78, 5) is 14.1. The van der Waals surface area contributed by atoms with Crippen LogP contribution in [-0.4, -0.2) is 37.2 Å². The van der Waals surface area contributed by atoms with E-state index in [0.29, 0.717) is 17.8 Å². The first-order valence-corrected chi connectivity index (χ1v) is 7.43. The Morgan fingerprint density at radius 3 is 2.81 bits per heavy atom. The van der Waals surface area contributed by atoms with E-state index in [1.165, 1.54) is 0 Å². The standard InChI is InChI=1S/C16H25N3O2/c1-5-18-15(20)12-6-7-14(13(17)8-12)19-9-11(2)21-16(3,4)10-19/h6-8,11H,5,9-10,17H2,1-4H3,(H,18,20). The van der Waals surface area contributed by atoms with E-state index in [0.717, 1.165) is 18.8 Å². The van der Waals surface area contributed by atoms with Gasteiger partial charge in [0.2, 0.25) is 0 Å². The van der Waals surface area contributed by atoms with Crippen LogP contribution in [0.1, 0.15) is 38.1 Å². The van der Waals surface area contributed by atoms with E-state index >= 15 is 0 Å². The summed E-state index contributed by atoms with van der Waals surface area (Å²) < 4.78 is 5.91. The molecular formula is C16H25N3O2. The van der Waals surface area contributed by atoms with Gasteiger partial charge in [0.15, 0.2) is 0 Å². The van der Waals surface area contributed by atoms with Gasteiger partial charge in [0.05, 0.1) is 23.1 Å². The lowest BCUT2D eigenvalue weighted by molar-refractivity contribution is -0.0749. The third-order valence-electron chi connectivity index (χ3n) is 3.54. The van der Waals surface area contributed by atoms with Crippen molar-refractivity contribution in [3.63, 3.8) is 0 Å². The predicted molar refractivity (Wildman–Crippen MR) is 85.7 cm³/mol. The summed E-state index contributed by atoms with van der Waals surface area (Å²) in [7, 11) is 0. The first-order chi connectivity index (χ1) is 9.82. The Labute approximate surface area is 126 Å². The Morgan fingerprint density at radius 2 is 2.24 bits per heavy atom. The molecule has 5 nitrogen and oxygen atoms in total. The van der Waals surface area contributed by atoms with E-state index in [9.17, 15) is 4.79 Å². The summed E-state index contributed by atoms with van der Waals surface area (Å²) in [6.07, 6.45) is 0.149. The van der Waals surface area contributed by atoms with Gasteiger partial charge in [0.25, 0.3) is 5.91 Å². The number of amides is 1. The van der Waals surface area contributed by atoms with Crippen molar-refractivity contribution >= 4 is 17.3 Å². The van der Waals surface area contributed by atoms with E-state index < -0.39 is 0 Å². The molecule has 1 fully saturated rings. The number of ether oxygens (including phenoxy) is 1. The van der Waals surface area contributed by atoms with Gasteiger partial charge < -0.3 is 20.7 Å². The number of nitrogens with zero attached hydrogens (tertiary/aromatic N) is 1. The molecule has 0 aliphatic carbocycles. The van der Waals surface area contributed by atoms with Crippen LogP contribution in [0.3, 0.4) is 0 Å². The molecule has 1 saturated heterocycles. The van der Waals surface area contributed by atoms with Crippen molar-refractivity contribution in [3.8, 4) is 0 Å². The Bertz CT molecular complexity index is 528. The molecule has 116 valence electrons. The number of nitrogen functional groups attached to an aromatic ring is 1. The monoisotopic (exact) mass is 291 g/mol. The predicted octanol–water partition coefficient (Wildman–Crippen LogP) is 2.02. The quantitative estimate of drug-likeness (QED) is 0.836. The van der Waals surface area contributed by atoms with Gasteiger partial charge in [0, 0.05) is 25.2 Å². The number of hydrogen-bond acceptors (Lipinski definition) is 4. The molecule has 1 aromatic rings. The van der Waals surface area contributed by atoms with Crippen LogP contribution in [0.15, 0.2) is 18.2 Å². The fourth-order valence-electron chi connectivity index (χ4n) is 2.88. The van der Waals surface area contributed by atoms with Crippen LogP contribution in [0.25, 0.3) is 0 Å². The maximum Gasteiger partial charge on any atom is 0.251 e. The number of carbonyl (C=O) groups is 1. The average molecular weight is 291 g/mol. The number of carbonyl (C=O) groups excluding carboxylic acids is 1. The number of morpholine rings is 1. The van der Waals surface area contributed by atoms with Crippen LogP contribution in [0.5, 0.6) is 0 Å². The van der Waals surface area contributed by atoms with Crippen molar-refractivity contribution in [2.45, 2.75) is 39.4 Å². The summed E-state index contributed by atoms with van der Waals surface area (Å²) in [6, 6.07) is 5.49. The molecule has 0 radical (unpaired) electrons. The molecule has 2 rings (SSSR count). The molecular weight excluding hydrogens is 266 g/mol. The van der Waals surface area contributed by atoms with E-state index in [-0.39, 0.29) is 17.6 Å². The highest BCUT2D eigenvalue weighted by molar-refractivity contribution is 5.96. The van der Waals surface area contributed by atoms with Crippen LogP contribution in [0.4, 0.5) is 11.4 Å². The molecule has 5 heteroatoms. The minimum atomic E-state index is -0.206. The molecule has 1 heterocycles. The fourth-order valence-corrected chi connectivity index (χ4v) is 2.88. The van der Waals surface area contributed by atoms with Crippen LogP contribution in [0, 0.1) is 0 Å². The molecule has 1 atom stereocenters. The Morgan fingerprint density at radius 1 is 1.52 bits per heavy atom. The second-order valence-corrected chi connectivity index (χ2v) is 6.20. The SMILES string of the molecule is CCNC(=O)c1ccc(N2CC(C)OC(C)(C)C2)c(N)c1. The minimum Gasteiger partial charge on any atom is -0.397 e. The van der Waals surface area contributed by atoms with Crippen LogP contribution in [0.2, 0.25) is 0 Å². The third kappa shape index (κ3) is 3.67. The average Bonchev–Trinajstić information content (AvgIpc) is 2.36. The zero-order valence-electron chi connectivity index (χ0n) is 13.3. The van der Waals surface area contributed by atoms with Gasteiger partial charge in [-0.15, -0.1) is 0 Å². The van der Waals surface area contributed by atoms with E-state index in [4.69, 9.17) is 10.5 Å². The maximum atomic E-state index is 11.8. The van der Waals surface area contributed by atoms with Crippen LogP contribution < -0.4 is 16.0 Å². The molecule has 0 aromatic heterocycles. The van der Waals surface area contributed by atoms with Crippen LogP contribution >= 0.6 is 0 Å². The van der Waals surface area contributed by atoms with Gasteiger partial charge in [0.1, 0.15) is 0 Å². The summed E-state index contributed by atoms with van der Waals surface area (Å²) in [5.41, 5.74) is 8.14. The number of nitrogens with two attached hydrogens (primary N) is 1. The molecule has 1 aromatic carbocycles. The number of nitrogens with one attached hydrogen (secondary N) is 1. The van der Waals surface area contributed by atoms with E-state index in [1.807, 2.05) is 19.1 Å². The molecule has 3 N–H and O–H groups in total. The molecule has 1 amide bonds. The second-order valence-electron chi connectivity index (χ2n) is 6.20. The molecule has 1 unspecified atom stereocenters. The molecule has 1 aliphatic rings. The van der Waals surface area contributed by atoms with Crippen molar-refractivity contribution in [1.82, 2.24) is 5.32 Å².